The lowest BCUT2D eigenvalue weighted by atomic mass is 9.97. The van der Waals surface area contributed by atoms with E-state index in [1.807, 2.05) is 32.0 Å². The molecule has 1 nitrogen and oxygen atoms in total. The Morgan fingerprint density at radius 1 is 1.19 bits per heavy atom. The summed E-state index contributed by atoms with van der Waals surface area (Å²) in [6.07, 6.45) is 0.663. The number of halogens is 3. The van der Waals surface area contributed by atoms with Crippen LogP contribution in [-0.2, 0) is 6.42 Å². The molecule has 0 heterocycles. The van der Waals surface area contributed by atoms with Crippen molar-refractivity contribution < 1.29 is 4.39 Å². The van der Waals surface area contributed by atoms with Crippen LogP contribution in [-0.4, -0.2) is 6.54 Å². The molecule has 0 saturated carbocycles. The molecule has 1 unspecified atom stereocenters. The van der Waals surface area contributed by atoms with Crippen LogP contribution in [0.4, 0.5) is 4.39 Å². The summed E-state index contributed by atoms with van der Waals surface area (Å²) in [4.78, 5) is 0. The van der Waals surface area contributed by atoms with Crippen molar-refractivity contribution in [3.63, 3.8) is 0 Å². The highest BCUT2D eigenvalue weighted by Crippen LogP contribution is 2.30. The Morgan fingerprint density at radius 2 is 1.95 bits per heavy atom. The highest BCUT2D eigenvalue weighted by atomic mass is 35.5. The maximum absolute atomic E-state index is 13.2. The Bertz CT molecular complexity index is 628. The van der Waals surface area contributed by atoms with Crippen molar-refractivity contribution in [2.75, 3.05) is 6.54 Å². The first kappa shape index (κ1) is 16.3. The average Bonchev–Trinajstić information content (AvgIpc) is 2.44. The van der Waals surface area contributed by atoms with Crippen molar-refractivity contribution in [2.24, 2.45) is 0 Å². The van der Waals surface area contributed by atoms with Gasteiger partial charge in [0.25, 0.3) is 0 Å². The van der Waals surface area contributed by atoms with Gasteiger partial charge in [-0.2, -0.15) is 0 Å². The fraction of sp³-hybridized carbons (Fsp3) is 0.294. The molecule has 0 amide bonds. The molecule has 21 heavy (non-hydrogen) atoms. The van der Waals surface area contributed by atoms with Gasteiger partial charge in [0.1, 0.15) is 5.82 Å². The van der Waals surface area contributed by atoms with Gasteiger partial charge in [0.05, 0.1) is 0 Å². The minimum atomic E-state index is -0.322. The van der Waals surface area contributed by atoms with E-state index >= 15 is 0 Å². The zero-order chi connectivity index (χ0) is 15.4. The second kappa shape index (κ2) is 7.26. The number of nitrogens with one attached hydrogen (secondary N) is 1. The van der Waals surface area contributed by atoms with E-state index in [4.69, 9.17) is 23.2 Å². The van der Waals surface area contributed by atoms with Crippen molar-refractivity contribution in [1.82, 2.24) is 5.32 Å². The predicted molar refractivity (Wildman–Crippen MR) is 87.7 cm³/mol. The molecule has 0 saturated heterocycles. The van der Waals surface area contributed by atoms with Gasteiger partial charge in [0.2, 0.25) is 0 Å². The van der Waals surface area contributed by atoms with Gasteiger partial charge in [-0.25, -0.2) is 4.39 Å². The topological polar surface area (TPSA) is 12.0 Å². The fourth-order valence-electron chi connectivity index (χ4n) is 2.38. The summed E-state index contributed by atoms with van der Waals surface area (Å²) in [6.45, 7) is 4.84. The molecular weight excluding hydrogens is 308 g/mol. The molecule has 1 N–H and O–H groups in total. The first-order valence-electron chi connectivity index (χ1n) is 6.95. The third-order valence-corrected chi connectivity index (χ3v) is 4.35. The molecule has 1 atom stereocenters. The molecule has 112 valence electrons. The van der Waals surface area contributed by atoms with Gasteiger partial charge in [-0.3, -0.25) is 0 Å². The number of likely N-dealkylation sites (N-methyl/N-ethyl adjacent to an activating group) is 1. The zero-order valence-corrected chi connectivity index (χ0v) is 13.6. The van der Waals surface area contributed by atoms with Gasteiger partial charge < -0.3 is 5.32 Å². The third-order valence-electron chi connectivity index (χ3n) is 3.49. The lowest BCUT2D eigenvalue weighted by Gasteiger charge is -2.21. The van der Waals surface area contributed by atoms with Crippen LogP contribution in [0, 0.1) is 12.7 Å². The molecule has 0 aliphatic carbocycles. The lowest BCUT2D eigenvalue weighted by Crippen LogP contribution is -2.23. The van der Waals surface area contributed by atoms with Crippen molar-refractivity contribution in [2.45, 2.75) is 26.3 Å². The van der Waals surface area contributed by atoms with Crippen LogP contribution >= 0.6 is 23.2 Å². The largest absolute Gasteiger partial charge is 0.310 e. The minimum Gasteiger partial charge on any atom is -0.310 e. The van der Waals surface area contributed by atoms with Gasteiger partial charge in [-0.05, 0) is 48.7 Å². The Hall–Kier alpha value is -1.09. The number of hydrogen-bond donors (Lipinski definition) is 1. The maximum atomic E-state index is 13.2. The van der Waals surface area contributed by atoms with E-state index in [0.717, 1.165) is 28.3 Å². The highest BCUT2D eigenvalue weighted by Gasteiger charge is 2.17. The Balaban J connectivity index is 2.33. The van der Waals surface area contributed by atoms with Crippen LogP contribution in [0.25, 0.3) is 0 Å². The second-order valence-electron chi connectivity index (χ2n) is 5.03. The molecule has 0 aliphatic rings. The Morgan fingerprint density at radius 3 is 2.62 bits per heavy atom. The van der Waals surface area contributed by atoms with Crippen LogP contribution in [0.1, 0.15) is 29.7 Å². The molecule has 0 spiro atoms. The number of aryl methyl sites for hydroxylation is 1. The number of benzene rings is 2. The standard InChI is InChI=1S/C17H18Cl2FN/c1-3-21-16(14-6-4-5-11(2)17(14)19)9-12-7-8-13(20)10-15(12)18/h4-8,10,16,21H,3,9H2,1-2H3. The van der Waals surface area contributed by atoms with Crippen molar-refractivity contribution in [3.05, 3.63) is 69.0 Å². The third kappa shape index (κ3) is 3.97. The average molecular weight is 326 g/mol. The minimum absolute atomic E-state index is 0.0466. The maximum Gasteiger partial charge on any atom is 0.124 e. The van der Waals surface area contributed by atoms with Crippen LogP contribution in [0.15, 0.2) is 36.4 Å². The van der Waals surface area contributed by atoms with E-state index in [0.29, 0.717) is 11.4 Å². The van der Waals surface area contributed by atoms with E-state index < -0.39 is 0 Å². The van der Waals surface area contributed by atoms with Crippen LogP contribution < -0.4 is 5.32 Å². The van der Waals surface area contributed by atoms with Gasteiger partial charge >= 0.3 is 0 Å². The van der Waals surface area contributed by atoms with Crippen LogP contribution in [0.5, 0.6) is 0 Å². The van der Waals surface area contributed by atoms with Gasteiger partial charge in [0.15, 0.2) is 0 Å². The van der Waals surface area contributed by atoms with E-state index in [1.54, 1.807) is 6.07 Å². The monoisotopic (exact) mass is 325 g/mol. The summed E-state index contributed by atoms with van der Waals surface area (Å²) in [5.41, 5.74) is 2.99. The molecule has 0 bridgehead atoms. The highest BCUT2D eigenvalue weighted by molar-refractivity contribution is 6.32. The molecule has 0 aromatic heterocycles. The molecule has 0 aliphatic heterocycles. The number of rotatable bonds is 5. The van der Waals surface area contributed by atoms with Gasteiger partial charge in [0, 0.05) is 16.1 Å². The quantitative estimate of drug-likeness (QED) is 0.782. The van der Waals surface area contributed by atoms with E-state index in [9.17, 15) is 4.39 Å². The van der Waals surface area contributed by atoms with Crippen LogP contribution in [0.2, 0.25) is 10.0 Å². The summed E-state index contributed by atoms with van der Waals surface area (Å²) >= 11 is 12.6. The SMILES string of the molecule is CCNC(Cc1ccc(F)cc1Cl)c1cccc(C)c1Cl. The molecule has 0 fully saturated rings. The summed E-state index contributed by atoms with van der Waals surface area (Å²) in [5.74, 6) is -0.322. The molecule has 0 radical (unpaired) electrons. The summed E-state index contributed by atoms with van der Waals surface area (Å²) < 4.78 is 13.2. The zero-order valence-electron chi connectivity index (χ0n) is 12.1. The van der Waals surface area contributed by atoms with Crippen molar-refractivity contribution in [1.29, 1.82) is 0 Å². The van der Waals surface area contributed by atoms with E-state index in [1.165, 1.54) is 12.1 Å². The van der Waals surface area contributed by atoms with E-state index in [2.05, 4.69) is 5.32 Å². The molecule has 2 aromatic rings. The fourth-order valence-corrected chi connectivity index (χ4v) is 2.89. The summed E-state index contributed by atoms with van der Waals surface area (Å²) in [7, 11) is 0. The summed E-state index contributed by atoms with van der Waals surface area (Å²) in [6, 6.07) is 10.5. The van der Waals surface area contributed by atoms with Gasteiger partial charge in [-0.15, -0.1) is 0 Å². The Kier molecular flexibility index (Phi) is 5.63. The van der Waals surface area contributed by atoms with Crippen LogP contribution in [0.3, 0.4) is 0 Å². The lowest BCUT2D eigenvalue weighted by molar-refractivity contribution is 0.548. The second-order valence-corrected chi connectivity index (χ2v) is 5.81. The smallest absolute Gasteiger partial charge is 0.124 e. The number of hydrogen-bond acceptors (Lipinski definition) is 1. The van der Waals surface area contributed by atoms with Gasteiger partial charge in [-0.1, -0.05) is 54.4 Å². The molecule has 2 rings (SSSR count). The Labute approximate surface area is 135 Å². The predicted octanol–water partition coefficient (Wildman–Crippen LogP) is 5.33. The molecule has 4 heteroatoms. The first-order chi connectivity index (χ1) is 10.0. The molecule has 2 aromatic carbocycles. The normalized spacial score (nSPS) is 12.4. The van der Waals surface area contributed by atoms with Crippen molar-refractivity contribution >= 4 is 23.2 Å². The molecular formula is C17H18Cl2FN. The first-order valence-corrected chi connectivity index (χ1v) is 7.70. The van der Waals surface area contributed by atoms with Crippen molar-refractivity contribution in [3.8, 4) is 0 Å². The van der Waals surface area contributed by atoms with E-state index in [-0.39, 0.29) is 11.9 Å². The summed E-state index contributed by atoms with van der Waals surface area (Å²) in [5, 5.41) is 4.63.